The largest absolute Gasteiger partial charge is 0.374 e. The maximum Gasteiger partial charge on any atom is 0.107 e. The van der Waals surface area contributed by atoms with Crippen LogP contribution in [0, 0.1) is 0 Å². The molecule has 0 N–H and O–H groups in total. The molecule has 1 saturated heterocycles. The maximum atomic E-state index is 5.60. The molecule has 2 heteroatoms. The summed E-state index contributed by atoms with van der Waals surface area (Å²) in [7, 11) is 0. The second kappa shape index (κ2) is 5.29. The van der Waals surface area contributed by atoms with Gasteiger partial charge < -0.3 is 9.47 Å². The Balaban J connectivity index is 1.60. The minimum Gasteiger partial charge on any atom is -0.374 e. The third-order valence-corrected chi connectivity index (χ3v) is 2.65. The molecule has 2 nitrogen and oxygen atoms in total. The first-order chi connectivity index (χ1) is 7.40. The van der Waals surface area contributed by atoms with Gasteiger partial charge in [0.25, 0.3) is 0 Å². The average Bonchev–Trinajstić information content (AvgIpc) is 2.99. The lowest BCUT2D eigenvalue weighted by atomic mass is 10.2. The van der Waals surface area contributed by atoms with Crippen molar-refractivity contribution in [3.05, 3.63) is 35.9 Å². The van der Waals surface area contributed by atoms with Crippen LogP contribution >= 0.6 is 0 Å². The molecule has 1 fully saturated rings. The maximum absolute atomic E-state index is 5.60. The third kappa shape index (κ3) is 3.33. The highest BCUT2D eigenvalue weighted by Crippen LogP contribution is 2.26. The van der Waals surface area contributed by atoms with Crippen molar-refractivity contribution in [2.75, 3.05) is 6.61 Å². The van der Waals surface area contributed by atoms with Crippen molar-refractivity contribution in [1.82, 2.24) is 0 Å². The number of rotatable bonds is 6. The Morgan fingerprint density at radius 2 is 2.00 bits per heavy atom. The molecule has 0 radical (unpaired) electrons. The van der Waals surface area contributed by atoms with Crippen LogP contribution in [0.1, 0.15) is 25.3 Å². The Hall–Kier alpha value is -0.860. The van der Waals surface area contributed by atoms with Gasteiger partial charge in [-0.2, -0.15) is 0 Å². The van der Waals surface area contributed by atoms with Crippen molar-refractivity contribution < 1.29 is 9.47 Å². The molecule has 1 aliphatic rings. The molecule has 0 unspecified atom stereocenters. The van der Waals surface area contributed by atoms with E-state index in [-0.39, 0.29) is 0 Å². The second-order valence-corrected chi connectivity index (χ2v) is 4.00. The zero-order chi connectivity index (χ0) is 10.5. The van der Waals surface area contributed by atoms with Crippen LogP contribution in [-0.4, -0.2) is 18.8 Å². The normalized spacial score (nSPS) is 24.1. The van der Waals surface area contributed by atoms with E-state index < -0.39 is 0 Å². The lowest BCUT2D eigenvalue weighted by Gasteiger charge is -2.01. The topological polar surface area (TPSA) is 21.8 Å². The molecule has 0 aromatic heterocycles. The van der Waals surface area contributed by atoms with E-state index in [4.69, 9.17) is 9.47 Å². The third-order valence-electron chi connectivity index (χ3n) is 2.65. The minimum absolute atomic E-state index is 0.355. The van der Waals surface area contributed by atoms with Crippen LogP contribution in [0.5, 0.6) is 0 Å². The van der Waals surface area contributed by atoms with Crippen molar-refractivity contribution in [2.45, 2.75) is 38.6 Å². The predicted molar refractivity (Wildman–Crippen MR) is 59.7 cm³/mol. The molecule has 2 rings (SSSR count). The number of hydrogen-bond acceptors (Lipinski definition) is 2. The van der Waals surface area contributed by atoms with Gasteiger partial charge in [-0.15, -0.1) is 0 Å². The zero-order valence-corrected chi connectivity index (χ0v) is 9.19. The Kier molecular flexibility index (Phi) is 3.75. The summed E-state index contributed by atoms with van der Waals surface area (Å²) in [5.41, 5.74) is 1.23. The van der Waals surface area contributed by atoms with E-state index in [0.29, 0.717) is 18.8 Å². The number of hydrogen-bond donors (Lipinski definition) is 0. The Labute approximate surface area is 91.2 Å². The first-order valence-corrected chi connectivity index (χ1v) is 5.67. The number of benzene rings is 1. The Bertz CT molecular complexity index is 284. The fraction of sp³-hybridized carbons (Fsp3) is 0.538. The van der Waals surface area contributed by atoms with Gasteiger partial charge in [-0.05, 0) is 12.0 Å². The highest BCUT2D eigenvalue weighted by Gasteiger charge is 2.37. The van der Waals surface area contributed by atoms with Crippen LogP contribution in [0.3, 0.4) is 0 Å². The lowest BCUT2D eigenvalue weighted by molar-refractivity contribution is 0.104. The van der Waals surface area contributed by atoms with Gasteiger partial charge in [0.15, 0.2) is 0 Å². The molecule has 0 bridgehead atoms. The molecule has 2 atom stereocenters. The van der Waals surface area contributed by atoms with Gasteiger partial charge in [0, 0.05) is 0 Å². The van der Waals surface area contributed by atoms with Crippen molar-refractivity contribution >= 4 is 0 Å². The molecule has 1 heterocycles. The van der Waals surface area contributed by atoms with Crippen molar-refractivity contribution in [1.29, 1.82) is 0 Å². The summed E-state index contributed by atoms with van der Waals surface area (Å²) in [5.74, 6) is 0. The van der Waals surface area contributed by atoms with Crippen LogP contribution in [-0.2, 0) is 16.1 Å². The van der Waals surface area contributed by atoms with Gasteiger partial charge in [0.2, 0.25) is 0 Å². The van der Waals surface area contributed by atoms with Gasteiger partial charge >= 0.3 is 0 Å². The van der Waals surface area contributed by atoms with E-state index >= 15 is 0 Å². The first kappa shape index (κ1) is 10.7. The molecule has 0 amide bonds. The quantitative estimate of drug-likeness (QED) is 0.667. The summed E-state index contributed by atoms with van der Waals surface area (Å²) in [6, 6.07) is 10.2. The predicted octanol–water partition coefficient (Wildman–Crippen LogP) is 2.77. The molecular formula is C13H18O2. The Morgan fingerprint density at radius 1 is 1.20 bits per heavy atom. The van der Waals surface area contributed by atoms with Gasteiger partial charge in [-0.3, -0.25) is 0 Å². The standard InChI is InChI=1S/C13H18O2/c1-2-6-12-13(15-12)10-14-9-11-7-4-3-5-8-11/h3-5,7-8,12-13H,2,6,9-10H2,1H3/t12-,13+/m0/s1. The lowest BCUT2D eigenvalue weighted by Crippen LogP contribution is -2.04. The molecular weight excluding hydrogens is 188 g/mol. The molecule has 1 aliphatic heterocycles. The summed E-state index contributed by atoms with van der Waals surface area (Å²) < 4.78 is 11.1. The molecule has 15 heavy (non-hydrogen) atoms. The van der Waals surface area contributed by atoms with Gasteiger partial charge in [-0.25, -0.2) is 0 Å². The highest BCUT2D eigenvalue weighted by atomic mass is 16.6. The van der Waals surface area contributed by atoms with E-state index in [1.165, 1.54) is 18.4 Å². The molecule has 1 aromatic rings. The molecule has 0 spiro atoms. The van der Waals surface area contributed by atoms with Crippen LogP contribution in [0.15, 0.2) is 30.3 Å². The van der Waals surface area contributed by atoms with Gasteiger partial charge in [0.05, 0.1) is 19.3 Å². The summed E-state index contributed by atoms with van der Waals surface area (Å²) in [5, 5.41) is 0. The highest BCUT2D eigenvalue weighted by molar-refractivity contribution is 5.13. The van der Waals surface area contributed by atoms with Crippen LogP contribution in [0.4, 0.5) is 0 Å². The fourth-order valence-corrected chi connectivity index (χ4v) is 1.73. The molecule has 0 aliphatic carbocycles. The first-order valence-electron chi connectivity index (χ1n) is 5.67. The SMILES string of the molecule is CCC[C@@H]1O[C@@H]1COCc1ccccc1. The van der Waals surface area contributed by atoms with E-state index in [0.717, 1.165) is 6.61 Å². The van der Waals surface area contributed by atoms with E-state index in [1.807, 2.05) is 18.2 Å². The van der Waals surface area contributed by atoms with E-state index in [2.05, 4.69) is 19.1 Å². The zero-order valence-electron chi connectivity index (χ0n) is 9.19. The molecule has 1 aromatic carbocycles. The van der Waals surface area contributed by atoms with Crippen LogP contribution < -0.4 is 0 Å². The van der Waals surface area contributed by atoms with E-state index in [9.17, 15) is 0 Å². The number of epoxide rings is 1. The second-order valence-electron chi connectivity index (χ2n) is 4.00. The number of ether oxygens (including phenoxy) is 2. The summed E-state index contributed by atoms with van der Waals surface area (Å²) in [6.07, 6.45) is 3.18. The van der Waals surface area contributed by atoms with Crippen LogP contribution in [0.2, 0.25) is 0 Å². The van der Waals surface area contributed by atoms with Gasteiger partial charge in [0.1, 0.15) is 6.10 Å². The van der Waals surface area contributed by atoms with Crippen molar-refractivity contribution in [3.63, 3.8) is 0 Å². The minimum atomic E-state index is 0.355. The average molecular weight is 206 g/mol. The monoisotopic (exact) mass is 206 g/mol. The molecule has 0 saturated carbocycles. The van der Waals surface area contributed by atoms with E-state index in [1.54, 1.807) is 0 Å². The van der Waals surface area contributed by atoms with Crippen LogP contribution in [0.25, 0.3) is 0 Å². The summed E-state index contributed by atoms with van der Waals surface area (Å²) in [4.78, 5) is 0. The summed E-state index contributed by atoms with van der Waals surface area (Å²) in [6.45, 7) is 3.61. The summed E-state index contributed by atoms with van der Waals surface area (Å²) >= 11 is 0. The molecule has 82 valence electrons. The fourth-order valence-electron chi connectivity index (χ4n) is 1.73. The van der Waals surface area contributed by atoms with Crippen molar-refractivity contribution in [2.24, 2.45) is 0 Å². The van der Waals surface area contributed by atoms with Gasteiger partial charge in [-0.1, -0.05) is 43.7 Å². The smallest absolute Gasteiger partial charge is 0.107 e. The Morgan fingerprint density at radius 3 is 2.73 bits per heavy atom. The van der Waals surface area contributed by atoms with Crippen molar-refractivity contribution in [3.8, 4) is 0 Å².